The first kappa shape index (κ1) is 15.3. The van der Waals surface area contributed by atoms with Gasteiger partial charge in [-0.25, -0.2) is 0 Å². The highest BCUT2D eigenvalue weighted by Crippen LogP contribution is 2.33. The lowest BCUT2D eigenvalue weighted by atomic mass is 9.79. The van der Waals surface area contributed by atoms with E-state index in [4.69, 9.17) is 0 Å². The van der Waals surface area contributed by atoms with Crippen LogP contribution in [0.2, 0.25) is 0 Å². The summed E-state index contributed by atoms with van der Waals surface area (Å²) in [6.07, 6.45) is 8.27. The second-order valence-corrected chi connectivity index (χ2v) is 7.14. The van der Waals surface area contributed by atoms with E-state index >= 15 is 0 Å². The molecular weight excluding hydrogens is 232 g/mol. The van der Waals surface area contributed by atoms with E-state index in [0.29, 0.717) is 0 Å². The van der Waals surface area contributed by atoms with E-state index in [1.54, 1.807) is 0 Å². The molecular formula is C17H34N2. The van der Waals surface area contributed by atoms with Crippen LogP contribution in [0.4, 0.5) is 0 Å². The van der Waals surface area contributed by atoms with Crippen molar-refractivity contribution in [1.82, 2.24) is 10.2 Å². The molecule has 0 spiro atoms. The van der Waals surface area contributed by atoms with Crippen LogP contribution < -0.4 is 5.32 Å². The standard InChI is InChI=1S/C17H34N2/c1-5-10-18-16-9-8-13(2)12-17(16)19-11-6-7-14(3)15(19)4/h13-18H,5-12H2,1-4H3. The predicted octanol–water partition coefficient (Wildman–Crippen LogP) is 3.66. The first-order valence-electron chi connectivity index (χ1n) is 8.62. The Bertz CT molecular complexity index is 264. The van der Waals surface area contributed by atoms with E-state index in [9.17, 15) is 0 Å². The summed E-state index contributed by atoms with van der Waals surface area (Å²) in [4.78, 5) is 2.84. The van der Waals surface area contributed by atoms with Crippen LogP contribution in [-0.4, -0.2) is 36.1 Å². The zero-order valence-corrected chi connectivity index (χ0v) is 13.5. The van der Waals surface area contributed by atoms with E-state index in [1.165, 1.54) is 51.6 Å². The Morgan fingerprint density at radius 1 is 1.11 bits per heavy atom. The number of piperidine rings is 1. The molecule has 0 aromatic heterocycles. The zero-order valence-electron chi connectivity index (χ0n) is 13.5. The molecule has 1 aliphatic heterocycles. The van der Waals surface area contributed by atoms with E-state index in [2.05, 4.69) is 37.9 Å². The highest BCUT2D eigenvalue weighted by atomic mass is 15.2. The highest BCUT2D eigenvalue weighted by Gasteiger charge is 2.37. The van der Waals surface area contributed by atoms with Crippen LogP contribution in [-0.2, 0) is 0 Å². The molecule has 0 aromatic carbocycles. The van der Waals surface area contributed by atoms with Gasteiger partial charge in [0.05, 0.1) is 0 Å². The van der Waals surface area contributed by atoms with Gasteiger partial charge in [-0.05, 0) is 70.4 Å². The molecule has 0 bridgehead atoms. The lowest BCUT2D eigenvalue weighted by molar-refractivity contribution is 0.0228. The first-order chi connectivity index (χ1) is 9.13. The molecule has 1 aliphatic carbocycles. The topological polar surface area (TPSA) is 15.3 Å². The molecule has 2 nitrogen and oxygen atoms in total. The van der Waals surface area contributed by atoms with Gasteiger partial charge in [0.25, 0.3) is 0 Å². The number of likely N-dealkylation sites (tertiary alicyclic amines) is 1. The third kappa shape index (κ3) is 3.72. The third-order valence-corrected chi connectivity index (χ3v) is 5.58. The van der Waals surface area contributed by atoms with Gasteiger partial charge >= 0.3 is 0 Å². The number of hydrogen-bond donors (Lipinski definition) is 1. The quantitative estimate of drug-likeness (QED) is 0.835. The maximum absolute atomic E-state index is 3.83. The summed E-state index contributed by atoms with van der Waals surface area (Å²) in [6.45, 7) is 12.1. The maximum atomic E-state index is 3.83. The summed E-state index contributed by atoms with van der Waals surface area (Å²) in [5.74, 6) is 1.78. The van der Waals surface area contributed by atoms with Crippen LogP contribution in [0, 0.1) is 11.8 Å². The van der Waals surface area contributed by atoms with Crippen LogP contribution in [0.1, 0.15) is 66.2 Å². The molecule has 112 valence electrons. The fourth-order valence-electron chi connectivity index (χ4n) is 4.12. The Balaban J connectivity index is 2.03. The van der Waals surface area contributed by atoms with Gasteiger partial charge in [-0.1, -0.05) is 20.8 Å². The van der Waals surface area contributed by atoms with Crippen LogP contribution in [0.5, 0.6) is 0 Å². The minimum Gasteiger partial charge on any atom is -0.312 e. The number of hydrogen-bond acceptors (Lipinski definition) is 2. The van der Waals surface area contributed by atoms with Gasteiger partial charge in [0, 0.05) is 18.1 Å². The summed E-state index contributed by atoms with van der Waals surface area (Å²) < 4.78 is 0. The first-order valence-corrected chi connectivity index (χ1v) is 8.62. The predicted molar refractivity (Wildman–Crippen MR) is 83.5 cm³/mol. The van der Waals surface area contributed by atoms with Crippen molar-refractivity contribution in [2.45, 2.75) is 84.3 Å². The molecule has 19 heavy (non-hydrogen) atoms. The van der Waals surface area contributed by atoms with E-state index in [1.807, 2.05) is 0 Å². The average molecular weight is 266 g/mol. The Kier molecular flexibility index (Phi) is 5.70. The molecule has 5 unspecified atom stereocenters. The van der Waals surface area contributed by atoms with Crippen molar-refractivity contribution in [1.29, 1.82) is 0 Å². The molecule has 5 atom stereocenters. The van der Waals surface area contributed by atoms with Gasteiger partial charge in [0.1, 0.15) is 0 Å². The fraction of sp³-hybridized carbons (Fsp3) is 1.00. The highest BCUT2D eigenvalue weighted by molar-refractivity contribution is 4.94. The molecule has 2 aliphatic rings. The molecule has 1 heterocycles. The second-order valence-electron chi connectivity index (χ2n) is 7.14. The average Bonchev–Trinajstić information content (AvgIpc) is 2.40. The Morgan fingerprint density at radius 3 is 2.63 bits per heavy atom. The lowest BCUT2D eigenvalue weighted by Gasteiger charge is -2.48. The number of rotatable bonds is 4. The number of nitrogens with one attached hydrogen (secondary N) is 1. The smallest absolute Gasteiger partial charge is 0.0254 e. The Labute approximate surface area is 120 Å². The summed E-state index contributed by atoms with van der Waals surface area (Å²) in [5, 5.41) is 3.83. The van der Waals surface area contributed by atoms with Gasteiger partial charge in [-0.3, -0.25) is 4.90 Å². The summed E-state index contributed by atoms with van der Waals surface area (Å²) in [5.41, 5.74) is 0. The van der Waals surface area contributed by atoms with Crippen molar-refractivity contribution in [3.05, 3.63) is 0 Å². The fourth-order valence-corrected chi connectivity index (χ4v) is 4.12. The van der Waals surface area contributed by atoms with Crippen molar-refractivity contribution < 1.29 is 0 Å². The molecule has 2 fully saturated rings. The maximum Gasteiger partial charge on any atom is 0.0254 e. The largest absolute Gasteiger partial charge is 0.312 e. The van der Waals surface area contributed by atoms with E-state index in [0.717, 1.165) is 30.0 Å². The normalized spacial score (nSPS) is 41.4. The minimum atomic E-state index is 0.740. The second kappa shape index (κ2) is 7.08. The Hall–Kier alpha value is -0.0800. The molecule has 1 N–H and O–H groups in total. The monoisotopic (exact) mass is 266 g/mol. The molecule has 0 aromatic rings. The SMILES string of the molecule is CCCNC1CCC(C)CC1N1CCCC(C)C1C. The van der Waals surface area contributed by atoms with Crippen molar-refractivity contribution >= 4 is 0 Å². The van der Waals surface area contributed by atoms with E-state index in [-0.39, 0.29) is 0 Å². The van der Waals surface area contributed by atoms with Crippen molar-refractivity contribution in [3.8, 4) is 0 Å². The molecule has 0 radical (unpaired) electrons. The van der Waals surface area contributed by atoms with Gasteiger partial charge in [0.15, 0.2) is 0 Å². The lowest BCUT2D eigenvalue weighted by Crippen LogP contribution is -2.58. The van der Waals surface area contributed by atoms with Crippen molar-refractivity contribution in [3.63, 3.8) is 0 Å². The summed E-state index contributed by atoms with van der Waals surface area (Å²) in [7, 11) is 0. The summed E-state index contributed by atoms with van der Waals surface area (Å²) >= 11 is 0. The molecule has 0 amide bonds. The van der Waals surface area contributed by atoms with Crippen LogP contribution in [0.25, 0.3) is 0 Å². The van der Waals surface area contributed by atoms with Crippen LogP contribution in [0.15, 0.2) is 0 Å². The zero-order chi connectivity index (χ0) is 13.8. The molecule has 1 saturated carbocycles. The Morgan fingerprint density at radius 2 is 1.89 bits per heavy atom. The van der Waals surface area contributed by atoms with Gasteiger partial charge < -0.3 is 5.32 Å². The van der Waals surface area contributed by atoms with Crippen molar-refractivity contribution in [2.75, 3.05) is 13.1 Å². The third-order valence-electron chi connectivity index (χ3n) is 5.58. The minimum absolute atomic E-state index is 0.740. The molecule has 2 heteroatoms. The number of nitrogens with zero attached hydrogens (tertiary/aromatic N) is 1. The van der Waals surface area contributed by atoms with Crippen LogP contribution >= 0.6 is 0 Å². The summed E-state index contributed by atoms with van der Waals surface area (Å²) in [6, 6.07) is 2.30. The van der Waals surface area contributed by atoms with Crippen molar-refractivity contribution in [2.24, 2.45) is 11.8 Å². The molecule has 2 rings (SSSR count). The molecule has 1 saturated heterocycles. The van der Waals surface area contributed by atoms with Gasteiger partial charge in [-0.15, -0.1) is 0 Å². The van der Waals surface area contributed by atoms with E-state index < -0.39 is 0 Å². The van der Waals surface area contributed by atoms with Crippen LogP contribution in [0.3, 0.4) is 0 Å². The van der Waals surface area contributed by atoms with Gasteiger partial charge in [-0.2, -0.15) is 0 Å². The van der Waals surface area contributed by atoms with Gasteiger partial charge in [0.2, 0.25) is 0 Å².